The number of aromatic nitrogens is 2. The first-order valence-corrected chi connectivity index (χ1v) is 11.1. The molecule has 0 aliphatic rings. The lowest BCUT2D eigenvalue weighted by Gasteiger charge is -2.10. The van der Waals surface area contributed by atoms with Crippen molar-refractivity contribution in [3.8, 4) is 5.69 Å². The average molecular weight is 492 g/mol. The van der Waals surface area contributed by atoms with Crippen LogP contribution in [0.2, 0.25) is 5.02 Å². The third kappa shape index (κ3) is 4.80. The fourth-order valence-corrected chi connectivity index (χ4v) is 3.91. The molecule has 3 aromatic carbocycles. The van der Waals surface area contributed by atoms with Gasteiger partial charge >= 0.3 is 0 Å². The Labute approximate surface area is 205 Å². The molecule has 0 aliphatic carbocycles. The zero-order chi connectivity index (χ0) is 25.1. The molecule has 0 saturated heterocycles. The van der Waals surface area contributed by atoms with E-state index < -0.39 is 16.4 Å². The van der Waals surface area contributed by atoms with E-state index in [9.17, 15) is 19.7 Å². The Balaban J connectivity index is 1.60. The number of rotatable bonds is 7. The number of halogens is 1. The van der Waals surface area contributed by atoms with Crippen molar-refractivity contribution in [3.63, 3.8) is 0 Å². The number of nitrogens with one attached hydrogen (secondary N) is 2. The SMILES string of the molecule is Cc1c(NC(=O)c2ccc(NCc3ccccc3Cl)c([N+](=O)[O-])c2)c(=O)n(-c2ccccc2)n1C. The molecule has 0 atom stereocenters. The van der Waals surface area contributed by atoms with Crippen LogP contribution in [-0.4, -0.2) is 20.2 Å². The zero-order valence-electron chi connectivity index (χ0n) is 19.0. The molecule has 0 radical (unpaired) electrons. The minimum Gasteiger partial charge on any atom is -0.375 e. The predicted molar refractivity (Wildman–Crippen MR) is 136 cm³/mol. The molecule has 4 rings (SSSR count). The Morgan fingerprint density at radius 1 is 1.06 bits per heavy atom. The molecule has 0 spiro atoms. The van der Waals surface area contributed by atoms with E-state index >= 15 is 0 Å². The summed E-state index contributed by atoms with van der Waals surface area (Å²) in [6, 6.07) is 20.3. The molecule has 1 heterocycles. The second-order valence-corrected chi connectivity index (χ2v) is 8.23. The van der Waals surface area contributed by atoms with E-state index in [0.29, 0.717) is 16.4 Å². The molecule has 1 aromatic heterocycles. The summed E-state index contributed by atoms with van der Waals surface area (Å²) in [5.41, 5.74) is 1.69. The lowest BCUT2D eigenvalue weighted by atomic mass is 10.1. The molecule has 0 bridgehead atoms. The summed E-state index contributed by atoms with van der Waals surface area (Å²) in [7, 11) is 1.71. The zero-order valence-corrected chi connectivity index (χ0v) is 19.7. The Kier molecular flexibility index (Phi) is 6.70. The molecule has 9 nitrogen and oxygen atoms in total. The quantitative estimate of drug-likeness (QED) is 0.282. The Hall–Kier alpha value is -4.37. The van der Waals surface area contributed by atoms with Crippen molar-refractivity contribution in [3.05, 3.63) is 115 Å². The highest BCUT2D eigenvalue weighted by Crippen LogP contribution is 2.27. The standard InChI is InChI=1S/C25H22ClN5O4/c1-16-23(25(33)30(29(16)2)19-9-4-3-5-10-19)28-24(32)17-12-13-21(22(14-17)31(34)35)27-15-18-8-6-7-11-20(18)26/h3-14,27H,15H2,1-2H3,(H,28,32). The molecular formula is C25H22ClN5O4. The Morgan fingerprint density at radius 2 is 1.74 bits per heavy atom. The van der Waals surface area contributed by atoms with Crippen molar-refractivity contribution >= 4 is 34.6 Å². The van der Waals surface area contributed by atoms with Crippen LogP contribution in [0.4, 0.5) is 17.1 Å². The van der Waals surface area contributed by atoms with E-state index in [-0.39, 0.29) is 29.2 Å². The van der Waals surface area contributed by atoms with Crippen LogP contribution in [0.25, 0.3) is 5.69 Å². The number of nitro groups is 1. The molecule has 4 aromatic rings. The number of benzene rings is 3. The van der Waals surface area contributed by atoms with Gasteiger partial charge in [0.15, 0.2) is 0 Å². The minimum absolute atomic E-state index is 0.0499. The van der Waals surface area contributed by atoms with Crippen LogP contribution in [0, 0.1) is 17.0 Å². The maximum absolute atomic E-state index is 13.1. The van der Waals surface area contributed by atoms with Crippen molar-refractivity contribution in [2.45, 2.75) is 13.5 Å². The van der Waals surface area contributed by atoms with E-state index in [0.717, 1.165) is 5.56 Å². The molecule has 0 fully saturated rings. The van der Waals surface area contributed by atoms with E-state index in [1.54, 1.807) is 42.9 Å². The van der Waals surface area contributed by atoms with Gasteiger partial charge < -0.3 is 10.6 Å². The second-order valence-electron chi connectivity index (χ2n) is 7.82. The maximum atomic E-state index is 13.1. The summed E-state index contributed by atoms with van der Waals surface area (Å²) in [5.74, 6) is -0.628. The van der Waals surface area contributed by atoms with Gasteiger partial charge in [-0.15, -0.1) is 0 Å². The topological polar surface area (TPSA) is 111 Å². The molecule has 10 heteroatoms. The molecule has 0 aliphatic heterocycles. The summed E-state index contributed by atoms with van der Waals surface area (Å²) in [6.07, 6.45) is 0. The van der Waals surface area contributed by atoms with Gasteiger partial charge in [0.05, 0.1) is 16.3 Å². The number of carbonyl (C=O) groups is 1. The number of para-hydroxylation sites is 1. The summed E-state index contributed by atoms with van der Waals surface area (Å²) in [6.45, 7) is 1.98. The molecule has 178 valence electrons. The summed E-state index contributed by atoms with van der Waals surface area (Å²) < 4.78 is 3.08. The van der Waals surface area contributed by atoms with Gasteiger partial charge in [0.1, 0.15) is 11.4 Å². The highest BCUT2D eigenvalue weighted by molar-refractivity contribution is 6.31. The van der Waals surface area contributed by atoms with Crippen LogP contribution >= 0.6 is 11.6 Å². The highest BCUT2D eigenvalue weighted by Gasteiger charge is 2.22. The summed E-state index contributed by atoms with van der Waals surface area (Å²) in [5, 5.41) is 17.9. The third-order valence-corrected chi connectivity index (χ3v) is 6.05. The van der Waals surface area contributed by atoms with Crippen molar-refractivity contribution in [2.75, 3.05) is 10.6 Å². The van der Waals surface area contributed by atoms with E-state index in [1.807, 2.05) is 30.3 Å². The van der Waals surface area contributed by atoms with Crippen LogP contribution in [0.5, 0.6) is 0 Å². The number of anilines is 2. The summed E-state index contributed by atoms with van der Waals surface area (Å²) >= 11 is 6.16. The monoisotopic (exact) mass is 491 g/mol. The predicted octanol–water partition coefficient (Wildman–Crippen LogP) is 4.91. The Bertz CT molecular complexity index is 1480. The van der Waals surface area contributed by atoms with Gasteiger partial charge in [-0.25, -0.2) is 4.68 Å². The van der Waals surface area contributed by atoms with Crippen molar-refractivity contribution < 1.29 is 9.72 Å². The number of nitrogens with zero attached hydrogens (tertiary/aromatic N) is 3. The molecule has 0 saturated carbocycles. The maximum Gasteiger partial charge on any atom is 0.295 e. The van der Waals surface area contributed by atoms with Crippen LogP contribution in [0.1, 0.15) is 21.6 Å². The fourth-order valence-electron chi connectivity index (χ4n) is 3.70. The smallest absolute Gasteiger partial charge is 0.295 e. The first-order chi connectivity index (χ1) is 16.8. The summed E-state index contributed by atoms with van der Waals surface area (Å²) in [4.78, 5) is 37.1. The van der Waals surface area contributed by atoms with Crippen molar-refractivity contribution in [2.24, 2.45) is 7.05 Å². The van der Waals surface area contributed by atoms with Crippen LogP contribution in [0.15, 0.2) is 77.6 Å². The van der Waals surface area contributed by atoms with E-state index in [2.05, 4.69) is 10.6 Å². The number of hydrogen-bond acceptors (Lipinski definition) is 5. The first kappa shape index (κ1) is 23.8. The normalized spacial score (nSPS) is 10.7. The number of nitro benzene ring substituents is 1. The molecule has 1 amide bonds. The number of amides is 1. The van der Waals surface area contributed by atoms with E-state index in [1.165, 1.54) is 22.9 Å². The molecule has 2 N–H and O–H groups in total. The van der Waals surface area contributed by atoms with Gasteiger partial charge in [-0.3, -0.25) is 24.4 Å². The van der Waals surface area contributed by atoms with Gasteiger partial charge in [-0.05, 0) is 42.8 Å². The Morgan fingerprint density at radius 3 is 2.43 bits per heavy atom. The second kappa shape index (κ2) is 9.86. The van der Waals surface area contributed by atoms with Gasteiger partial charge in [0.25, 0.3) is 17.2 Å². The molecule has 0 unspecified atom stereocenters. The van der Waals surface area contributed by atoms with Gasteiger partial charge in [-0.1, -0.05) is 48.0 Å². The fraction of sp³-hybridized carbons (Fsp3) is 0.120. The van der Waals surface area contributed by atoms with Crippen LogP contribution < -0.4 is 16.2 Å². The number of carbonyl (C=O) groups excluding carboxylic acids is 1. The van der Waals surface area contributed by atoms with Gasteiger partial charge in [0, 0.05) is 30.2 Å². The lowest BCUT2D eigenvalue weighted by Crippen LogP contribution is -2.23. The highest BCUT2D eigenvalue weighted by atomic mass is 35.5. The van der Waals surface area contributed by atoms with Crippen LogP contribution in [-0.2, 0) is 13.6 Å². The van der Waals surface area contributed by atoms with Gasteiger partial charge in [0.2, 0.25) is 0 Å². The first-order valence-electron chi connectivity index (χ1n) is 10.7. The third-order valence-electron chi connectivity index (χ3n) is 5.68. The number of hydrogen-bond donors (Lipinski definition) is 2. The van der Waals surface area contributed by atoms with Crippen molar-refractivity contribution in [1.29, 1.82) is 0 Å². The molecular weight excluding hydrogens is 470 g/mol. The van der Waals surface area contributed by atoms with Crippen molar-refractivity contribution in [1.82, 2.24) is 9.36 Å². The molecule has 35 heavy (non-hydrogen) atoms. The lowest BCUT2D eigenvalue weighted by molar-refractivity contribution is -0.384. The minimum atomic E-state index is -0.628. The van der Waals surface area contributed by atoms with Gasteiger partial charge in [-0.2, -0.15) is 0 Å². The van der Waals surface area contributed by atoms with E-state index in [4.69, 9.17) is 11.6 Å². The average Bonchev–Trinajstić information content (AvgIpc) is 3.06. The largest absolute Gasteiger partial charge is 0.375 e. The van der Waals surface area contributed by atoms with Crippen LogP contribution in [0.3, 0.4) is 0 Å².